The number of rotatable bonds is 6. The van der Waals surface area contributed by atoms with Crippen molar-refractivity contribution in [1.29, 1.82) is 0 Å². The second-order valence-corrected chi connectivity index (χ2v) is 15.9. The van der Waals surface area contributed by atoms with Crippen molar-refractivity contribution in [3.63, 3.8) is 0 Å². The van der Waals surface area contributed by atoms with E-state index in [1.165, 1.54) is 43.4 Å². The highest BCUT2D eigenvalue weighted by atomic mass is 16.3. The largest absolute Gasteiger partial charge is 0.456 e. The van der Waals surface area contributed by atoms with Crippen LogP contribution in [0.4, 0.5) is 34.1 Å². The van der Waals surface area contributed by atoms with Crippen molar-refractivity contribution in [1.82, 2.24) is 0 Å². The molecule has 0 atom stereocenters. The van der Waals surface area contributed by atoms with Gasteiger partial charge in [0.25, 0.3) is 0 Å². The lowest BCUT2D eigenvalue weighted by Crippen LogP contribution is -2.10. The fourth-order valence-corrected chi connectivity index (χ4v) is 9.20. The van der Waals surface area contributed by atoms with Crippen molar-refractivity contribution in [2.75, 3.05) is 9.80 Å². The quantitative estimate of drug-likeness (QED) is 0.158. The monoisotopic (exact) mass is 770 g/mol. The lowest BCUT2D eigenvalue weighted by Gasteiger charge is -2.27. The first kappa shape index (κ1) is 34.2. The summed E-state index contributed by atoms with van der Waals surface area (Å²) < 4.78 is 12.5. The zero-order valence-electron chi connectivity index (χ0n) is 33.2. The highest BCUT2D eigenvalue weighted by molar-refractivity contribution is 6.26. The molecule has 0 amide bonds. The molecule has 4 heteroatoms. The lowest BCUT2D eigenvalue weighted by molar-refractivity contribution is 0.668. The first-order valence-corrected chi connectivity index (χ1v) is 20.5. The van der Waals surface area contributed by atoms with Crippen LogP contribution in [-0.2, 0) is 0 Å². The van der Waals surface area contributed by atoms with Crippen molar-refractivity contribution in [3.8, 4) is 0 Å². The van der Waals surface area contributed by atoms with E-state index >= 15 is 0 Å². The number of hydrogen-bond donors (Lipinski definition) is 0. The van der Waals surface area contributed by atoms with Gasteiger partial charge < -0.3 is 18.6 Å². The Hall–Kier alpha value is -7.82. The summed E-state index contributed by atoms with van der Waals surface area (Å²) in [5.74, 6) is 0. The highest BCUT2D eigenvalue weighted by Gasteiger charge is 2.20. The molecule has 0 unspecified atom stereocenters. The lowest BCUT2D eigenvalue weighted by atomic mass is 9.93. The van der Waals surface area contributed by atoms with Crippen molar-refractivity contribution < 1.29 is 8.83 Å². The van der Waals surface area contributed by atoms with Crippen molar-refractivity contribution in [2.24, 2.45) is 0 Å². The molecule has 0 aliphatic carbocycles. The normalized spacial score (nSPS) is 11.8. The van der Waals surface area contributed by atoms with Gasteiger partial charge in [-0.15, -0.1) is 0 Å². The molecule has 0 saturated carbocycles. The van der Waals surface area contributed by atoms with Gasteiger partial charge in [0.2, 0.25) is 0 Å². The third kappa shape index (κ3) is 5.45. The topological polar surface area (TPSA) is 32.8 Å². The van der Waals surface area contributed by atoms with Crippen LogP contribution in [0, 0.1) is 13.8 Å². The van der Waals surface area contributed by atoms with E-state index in [0.717, 1.165) is 78.0 Å². The van der Waals surface area contributed by atoms with Gasteiger partial charge >= 0.3 is 0 Å². The molecular formula is C56H38N2O2. The van der Waals surface area contributed by atoms with E-state index in [2.05, 4.69) is 194 Å². The van der Waals surface area contributed by atoms with Crippen molar-refractivity contribution in [2.45, 2.75) is 13.8 Å². The van der Waals surface area contributed by atoms with Gasteiger partial charge in [-0.1, -0.05) is 108 Å². The summed E-state index contributed by atoms with van der Waals surface area (Å²) in [6.45, 7) is 4.27. The van der Waals surface area contributed by atoms with Gasteiger partial charge in [-0.25, -0.2) is 0 Å². The van der Waals surface area contributed by atoms with Gasteiger partial charge in [0.1, 0.15) is 22.3 Å². The molecule has 12 aromatic rings. The standard InChI is InChI=1S/C56H38N2O2/c1-35-15-19-37(20-16-35)57(41-25-29-55-51(33-41)47-11-5-7-13-53(47)59-55)39-23-27-45-46-28-24-40(32-50(46)44-10-4-3-9-43(44)49(45)31-39)58(38-21-17-36(2)18-22-38)42-26-30-56-52(34-42)48-12-6-8-14-54(48)60-56/h3-34H,1-2H3. The SMILES string of the molecule is Cc1ccc(N(c2ccc3oc4ccccc4c3c2)c2ccc3c4ccc(N(c5ccc(C)cc5)c5ccc6oc7ccccc7c6c5)cc4c4ccccc4c3c2)cc1. The summed E-state index contributed by atoms with van der Waals surface area (Å²) in [7, 11) is 0. The minimum absolute atomic E-state index is 0.885. The van der Waals surface area contributed by atoms with Gasteiger partial charge in [0.05, 0.1) is 0 Å². The average Bonchev–Trinajstić information content (AvgIpc) is 3.86. The fraction of sp³-hybridized carbons (Fsp3) is 0.0357. The number of benzene rings is 10. The third-order valence-electron chi connectivity index (χ3n) is 12.1. The van der Waals surface area contributed by atoms with Crippen molar-refractivity contribution in [3.05, 3.63) is 205 Å². The van der Waals surface area contributed by atoms with E-state index in [-0.39, 0.29) is 0 Å². The predicted molar refractivity (Wildman–Crippen MR) is 252 cm³/mol. The van der Waals surface area contributed by atoms with Crippen LogP contribution in [0.3, 0.4) is 0 Å². The average molecular weight is 771 g/mol. The predicted octanol–water partition coefficient (Wildman–Crippen LogP) is 16.5. The summed E-state index contributed by atoms with van der Waals surface area (Å²) in [6, 6.07) is 69.9. The molecule has 10 aromatic carbocycles. The van der Waals surface area contributed by atoms with E-state index in [9.17, 15) is 0 Å². The zero-order chi connectivity index (χ0) is 39.9. The Morgan fingerprint density at radius 1 is 0.250 bits per heavy atom. The summed E-state index contributed by atoms with van der Waals surface area (Å²) in [5.41, 5.74) is 12.5. The second-order valence-electron chi connectivity index (χ2n) is 15.9. The summed E-state index contributed by atoms with van der Waals surface area (Å²) in [4.78, 5) is 4.73. The van der Waals surface area contributed by atoms with Crippen LogP contribution in [0.15, 0.2) is 203 Å². The first-order valence-electron chi connectivity index (χ1n) is 20.5. The molecule has 2 aromatic heterocycles. The van der Waals surface area contributed by atoms with Crippen LogP contribution in [0.1, 0.15) is 11.1 Å². The Bertz CT molecular complexity index is 3370. The number of fused-ring (bicyclic) bond motifs is 12. The Labute approximate surface area is 346 Å². The van der Waals surface area contributed by atoms with Crippen LogP contribution >= 0.6 is 0 Å². The summed E-state index contributed by atoms with van der Waals surface area (Å²) in [5, 5.41) is 11.7. The Morgan fingerprint density at radius 3 is 0.967 bits per heavy atom. The molecule has 0 saturated heterocycles. The van der Waals surface area contributed by atoms with E-state index in [0.29, 0.717) is 0 Å². The van der Waals surface area contributed by atoms with E-state index in [4.69, 9.17) is 8.83 Å². The molecule has 12 rings (SSSR count). The van der Waals surface area contributed by atoms with Crippen LogP contribution in [-0.4, -0.2) is 0 Å². The number of hydrogen-bond acceptors (Lipinski definition) is 4. The Kier molecular flexibility index (Phi) is 7.63. The smallest absolute Gasteiger partial charge is 0.135 e. The van der Waals surface area contributed by atoms with Crippen LogP contribution in [0.25, 0.3) is 76.2 Å². The molecule has 0 bridgehead atoms. The molecule has 0 N–H and O–H groups in total. The Balaban J connectivity index is 1.05. The van der Waals surface area contributed by atoms with Gasteiger partial charge in [-0.05, 0) is 143 Å². The van der Waals surface area contributed by atoms with Gasteiger partial charge in [-0.2, -0.15) is 0 Å². The molecular weight excluding hydrogens is 733 g/mol. The fourth-order valence-electron chi connectivity index (χ4n) is 9.20. The second kappa shape index (κ2) is 13.4. The molecule has 60 heavy (non-hydrogen) atoms. The van der Waals surface area contributed by atoms with Crippen LogP contribution in [0.5, 0.6) is 0 Å². The zero-order valence-corrected chi connectivity index (χ0v) is 33.2. The highest BCUT2D eigenvalue weighted by Crippen LogP contribution is 2.45. The minimum atomic E-state index is 0.885. The number of nitrogens with zero attached hydrogens (tertiary/aromatic N) is 2. The van der Waals surface area contributed by atoms with Crippen LogP contribution < -0.4 is 9.80 Å². The minimum Gasteiger partial charge on any atom is -0.456 e. The molecule has 0 aliphatic heterocycles. The molecule has 0 fully saturated rings. The van der Waals surface area contributed by atoms with Crippen LogP contribution in [0.2, 0.25) is 0 Å². The number of para-hydroxylation sites is 2. The molecule has 0 aliphatic rings. The van der Waals surface area contributed by atoms with Gasteiger partial charge in [0, 0.05) is 55.7 Å². The maximum atomic E-state index is 6.24. The molecule has 2 heterocycles. The third-order valence-corrected chi connectivity index (χ3v) is 12.1. The Morgan fingerprint density at radius 2 is 0.550 bits per heavy atom. The number of anilines is 6. The van der Waals surface area contributed by atoms with E-state index in [1.807, 2.05) is 24.3 Å². The summed E-state index contributed by atoms with van der Waals surface area (Å²) in [6.07, 6.45) is 0. The molecule has 0 radical (unpaired) electrons. The van der Waals surface area contributed by atoms with Gasteiger partial charge in [-0.3, -0.25) is 0 Å². The maximum Gasteiger partial charge on any atom is 0.135 e. The maximum absolute atomic E-state index is 6.24. The molecule has 284 valence electrons. The summed E-state index contributed by atoms with van der Waals surface area (Å²) >= 11 is 0. The van der Waals surface area contributed by atoms with Crippen molar-refractivity contribution >= 4 is 110 Å². The van der Waals surface area contributed by atoms with E-state index < -0.39 is 0 Å². The molecule has 4 nitrogen and oxygen atoms in total. The van der Waals surface area contributed by atoms with E-state index in [1.54, 1.807) is 0 Å². The number of aryl methyl sites for hydroxylation is 2. The molecule has 0 spiro atoms. The number of furan rings is 2. The van der Waals surface area contributed by atoms with Gasteiger partial charge in [0.15, 0.2) is 0 Å². The first-order chi connectivity index (χ1) is 29.5.